The van der Waals surface area contributed by atoms with Gasteiger partial charge in [0.05, 0.1) is 6.61 Å². The summed E-state index contributed by atoms with van der Waals surface area (Å²) >= 11 is 0. The van der Waals surface area contributed by atoms with Gasteiger partial charge < -0.3 is 24.6 Å². The molecule has 3 rings (SSSR count). The lowest BCUT2D eigenvalue weighted by atomic mass is 9.97. The van der Waals surface area contributed by atoms with Crippen LogP contribution < -0.4 is 0 Å². The summed E-state index contributed by atoms with van der Waals surface area (Å²) in [5.74, 6) is -4.46. The Morgan fingerprint density at radius 1 is 0.964 bits per heavy atom. The Labute approximate surface area is 164 Å². The molecule has 2 N–H and O–H groups in total. The average molecular weight is 387 g/mol. The van der Waals surface area contributed by atoms with Crippen LogP contribution >= 0.6 is 0 Å². The fraction of sp³-hybridized carbons (Fsp3) is 0.333. The first kappa shape index (κ1) is 21.6. The molecule has 0 unspecified atom stereocenters. The lowest BCUT2D eigenvalue weighted by molar-refractivity contribution is -0.159. The van der Waals surface area contributed by atoms with Crippen molar-refractivity contribution in [2.75, 3.05) is 20.7 Å². The molecule has 0 radical (unpaired) electrons. The summed E-state index contributed by atoms with van der Waals surface area (Å²) in [5, 5.41) is 14.8. The summed E-state index contributed by atoms with van der Waals surface area (Å²) in [6.07, 6.45) is 0.0374. The van der Waals surface area contributed by atoms with Gasteiger partial charge in [-0.05, 0) is 21.0 Å². The third kappa shape index (κ3) is 4.95. The number of ether oxygens (including phenoxy) is 2. The molecule has 7 nitrogen and oxygen atoms in total. The highest BCUT2D eigenvalue weighted by Crippen LogP contribution is 2.41. The topological polar surface area (TPSA) is 96.3 Å². The molecule has 0 amide bonds. The van der Waals surface area contributed by atoms with E-state index in [4.69, 9.17) is 29.3 Å². The van der Waals surface area contributed by atoms with Crippen LogP contribution in [-0.2, 0) is 24.8 Å². The van der Waals surface area contributed by atoms with Crippen molar-refractivity contribution in [3.8, 4) is 0 Å². The monoisotopic (exact) mass is 387 g/mol. The van der Waals surface area contributed by atoms with E-state index in [1.165, 1.54) is 0 Å². The van der Waals surface area contributed by atoms with E-state index in [0.29, 0.717) is 6.61 Å². The Kier molecular flexibility index (Phi) is 7.28. The highest BCUT2D eigenvalue weighted by atomic mass is 16.7. The van der Waals surface area contributed by atoms with Gasteiger partial charge in [0.2, 0.25) is 5.79 Å². The van der Waals surface area contributed by atoms with Crippen LogP contribution in [0.15, 0.2) is 60.7 Å². The molecule has 2 aromatic carbocycles. The van der Waals surface area contributed by atoms with Gasteiger partial charge in [0, 0.05) is 17.2 Å². The quantitative estimate of drug-likeness (QED) is 0.778. The van der Waals surface area contributed by atoms with Crippen LogP contribution in [0.5, 0.6) is 0 Å². The van der Waals surface area contributed by atoms with Crippen molar-refractivity contribution in [2.24, 2.45) is 0 Å². The predicted molar refractivity (Wildman–Crippen MR) is 103 cm³/mol. The van der Waals surface area contributed by atoms with Crippen LogP contribution in [0.1, 0.15) is 18.1 Å². The van der Waals surface area contributed by atoms with E-state index in [0.717, 1.165) is 11.1 Å². The largest absolute Gasteiger partial charge is 0.473 e. The normalized spacial score (nSPS) is 18.8. The van der Waals surface area contributed by atoms with Gasteiger partial charge in [-0.15, -0.1) is 0 Å². The number of carboxylic acid groups (broad SMARTS) is 2. The Balaban J connectivity index is 0.000000409. The Bertz CT molecular complexity index is 726. The Hall–Kier alpha value is -2.74. The average Bonchev–Trinajstić information content (AvgIpc) is 3.15. The van der Waals surface area contributed by atoms with Crippen LogP contribution in [0.3, 0.4) is 0 Å². The summed E-state index contributed by atoms with van der Waals surface area (Å²) in [4.78, 5) is 20.4. The second kappa shape index (κ2) is 9.45. The van der Waals surface area contributed by atoms with Crippen molar-refractivity contribution < 1.29 is 29.3 Å². The molecule has 0 spiro atoms. The van der Waals surface area contributed by atoms with Gasteiger partial charge >= 0.3 is 11.9 Å². The Morgan fingerprint density at radius 3 is 1.75 bits per heavy atom. The minimum atomic E-state index is -1.82. The van der Waals surface area contributed by atoms with E-state index >= 15 is 0 Å². The van der Waals surface area contributed by atoms with Gasteiger partial charge in [0.25, 0.3) is 0 Å². The maximum absolute atomic E-state index is 9.10. The maximum Gasteiger partial charge on any atom is 0.414 e. The number of hydrogen-bond donors (Lipinski definition) is 2. The molecule has 7 heteroatoms. The minimum absolute atomic E-state index is 0.0374. The van der Waals surface area contributed by atoms with Crippen molar-refractivity contribution >= 4 is 11.9 Å². The van der Waals surface area contributed by atoms with Crippen molar-refractivity contribution in [3.05, 3.63) is 71.8 Å². The van der Waals surface area contributed by atoms with Crippen molar-refractivity contribution in [2.45, 2.75) is 24.9 Å². The molecule has 1 saturated heterocycles. The smallest absolute Gasteiger partial charge is 0.414 e. The third-order valence-corrected chi connectivity index (χ3v) is 4.61. The number of carboxylic acids is 2. The number of carbonyl (C=O) groups is 2. The van der Waals surface area contributed by atoms with Gasteiger partial charge in [-0.3, -0.25) is 0 Å². The van der Waals surface area contributed by atoms with Gasteiger partial charge in [-0.2, -0.15) is 0 Å². The molecule has 1 aliphatic rings. The van der Waals surface area contributed by atoms with Gasteiger partial charge in [0.1, 0.15) is 6.10 Å². The SMILES string of the molecule is C[C@@H]([C@H]1COC(c2ccccc2)(c2ccccc2)O1)N(C)C.O=C(O)C(=O)O. The molecule has 150 valence electrons. The summed E-state index contributed by atoms with van der Waals surface area (Å²) in [7, 11) is 4.14. The standard InChI is InChI=1S/C19H23NO2.C2H2O4/c1-15(20(2)3)18-14-21-19(22-18,16-10-6-4-7-11-16)17-12-8-5-9-13-17;3-1(4)2(5)6/h4-13,15,18H,14H2,1-3H3;(H,3,4)(H,5,6)/t15-,18+;/m0./s1. The molecule has 1 heterocycles. The summed E-state index contributed by atoms with van der Waals surface area (Å²) in [6, 6.07) is 20.7. The zero-order chi connectivity index (χ0) is 20.7. The predicted octanol–water partition coefficient (Wildman–Crippen LogP) is 2.41. The summed E-state index contributed by atoms with van der Waals surface area (Å²) in [6.45, 7) is 2.75. The van der Waals surface area contributed by atoms with E-state index in [1.807, 2.05) is 36.4 Å². The first-order valence-corrected chi connectivity index (χ1v) is 8.83. The Morgan fingerprint density at radius 2 is 1.39 bits per heavy atom. The fourth-order valence-corrected chi connectivity index (χ4v) is 2.84. The molecule has 1 aliphatic heterocycles. The van der Waals surface area contributed by atoms with E-state index in [1.54, 1.807) is 0 Å². The van der Waals surface area contributed by atoms with E-state index in [2.05, 4.69) is 50.2 Å². The first-order valence-electron chi connectivity index (χ1n) is 8.83. The van der Waals surface area contributed by atoms with Crippen molar-refractivity contribution in [1.29, 1.82) is 0 Å². The van der Waals surface area contributed by atoms with Gasteiger partial charge in [-0.1, -0.05) is 60.7 Å². The first-order chi connectivity index (χ1) is 13.3. The van der Waals surface area contributed by atoms with E-state index in [-0.39, 0.29) is 12.1 Å². The zero-order valence-electron chi connectivity index (χ0n) is 16.1. The van der Waals surface area contributed by atoms with Crippen molar-refractivity contribution in [1.82, 2.24) is 4.90 Å². The summed E-state index contributed by atoms with van der Waals surface area (Å²) in [5.41, 5.74) is 2.07. The number of rotatable bonds is 4. The molecule has 0 aromatic heterocycles. The second-order valence-corrected chi connectivity index (χ2v) is 6.63. The molecule has 0 saturated carbocycles. The van der Waals surface area contributed by atoms with Crippen LogP contribution in [0, 0.1) is 0 Å². The van der Waals surface area contributed by atoms with Crippen LogP contribution in [-0.4, -0.2) is 59.9 Å². The lowest BCUT2D eigenvalue weighted by Crippen LogP contribution is -2.39. The molecule has 2 aromatic rings. The van der Waals surface area contributed by atoms with E-state index in [9.17, 15) is 0 Å². The molecule has 0 aliphatic carbocycles. The maximum atomic E-state index is 9.10. The van der Waals surface area contributed by atoms with Gasteiger partial charge in [-0.25, -0.2) is 9.59 Å². The molecule has 2 atom stereocenters. The molecule has 1 fully saturated rings. The van der Waals surface area contributed by atoms with Gasteiger partial charge in [0.15, 0.2) is 0 Å². The number of aliphatic carboxylic acids is 2. The number of nitrogens with zero attached hydrogens (tertiary/aromatic N) is 1. The highest BCUT2D eigenvalue weighted by molar-refractivity contribution is 6.27. The number of hydrogen-bond acceptors (Lipinski definition) is 5. The minimum Gasteiger partial charge on any atom is -0.473 e. The highest BCUT2D eigenvalue weighted by Gasteiger charge is 2.46. The number of likely N-dealkylation sites (N-methyl/N-ethyl adjacent to an activating group) is 1. The molecule has 28 heavy (non-hydrogen) atoms. The number of benzene rings is 2. The lowest BCUT2D eigenvalue weighted by Gasteiger charge is -2.31. The van der Waals surface area contributed by atoms with Crippen molar-refractivity contribution in [3.63, 3.8) is 0 Å². The third-order valence-electron chi connectivity index (χ3n) is 4.61. The second-order valence-electron chi connectivity index (χ2n) is 6.63. The van der Waals surface area contributed by atoms with Crippen LogP contribution in [0.4, 0.5) is 0 Å². The fourth-order valence-electron chi connectivity index (χ4n) is 2.84. The van der Waals surface area contributed by atoms with Crippen LogP contribution in [0.2, 0.25) is 0 Å². The molecule has 0 bridgehead atoms. The van der Waals surface area contributed by atoms with E-state index < -0.39 is 17.7 Å². The van der Waals surface area contributed by atoms with Crippen LogP contribution in [0.25, 0.3) is 0 Å². The zero-order valence-corrected chi connectivity index (χ0v) is 16.1. The molecular formula is C21H25NO6. The summed E-state index contributed by atoms with van der Waals surface area (Å²) < 4.78 is 12.7. The molecular weight excluding hydrogens is 362 g/mol.